The van der Waals surface area contributed by atoms with Gasteiger partial charge in [0.2, 0.25) is 11.5 Å². The Morgan fingerprint density at radius 1 is 0.941 bits per heavy atom. The lowest BCUT2D eigenvalue weighted by molar-refractivity contribution is 0.0707. The fourth-order valence-corrected chi connectivity index (χ4v) is 4.73. The minimum Gasteiger partial charge on any atom is -0.493 e. The van der Waals surface area contributed by atoms with Gasteiger partial charge in [0.1, 0.15) is 5.58 Å². The number of hydrogen-bond donors (Lipinski definition) is 0. The summed E-state index contributed by atoms with van der Waals surface area (Å²) in [5.74, 6) is 1.04. The van der Waals surface area contributed by atoms with Gasteiger partial charge in [-0.05, 0) is 55.2 Å². The van der Waals surface area contributed by atoms with Crippen LogP contribution in [-0.2, 0) is 4.74 Å². The van der Waals surface area contributed by atoms with Crippen LogP contribution in [0.5, 0.6) is 17.2 Å². The van der Waals surface area contributed by atoms with Gasteiger partial charge in [-0.25, -0.2) is 0 Å². The molecular weight excluding hydrogens is 438 g/mol. The van der Waals surface area contributed by atoms with E-state index in [1.807, 2.05) is 19.9 Å². The maximum Gasteiger partial charge on any atom is 0.290 e. The molecule has 1 amide bonds. The Kier molecular flexibility index (Phi) is 6.52. The maximum atomic E-state index is 13.8. The van der Waals surface area contributed by atoms with Crippen LogP contribution in [0.3, 0.4) is 0 Å². The van der Waals surface area contributed by atoms with Gasteiger partial charge in [0.25, 0.3) is 5.91 Å². The quantitative estimate of drug-likeness (QED) is 0.463. The van der Waals surface area contributed by atoms with Gasteiger partial charge in [-0.1, -0.05) is 6.07 Å². The van der Waals surface area contributed by atoms with Crippen LogP contribution < -0.4 is 19.6 Å². The van der Waals surface area contributed by atoms with Gasteiger partial charge in [0.15, 0.2) is 16.9 Å². The molecule has 0 N–H and O–H groups in total. The lowest BCUT2D eigenvalue weighted by Gasteiger charge is -2.26. The van der Waals surface area contributed by atoms with E-state index in [2.05, 4.69) is 0 Å². The summed E-state index contributed by atoms with van der Waals surface area (Å²) in [4.78, 5) is 29.0. The van der Waals surface area contributed by atoms with E-state index in [1.165, 1.54) is 21.3 Å². The topological polar surface area (TPSA) is 87.4 Å². The van der Waals surface area contributed by atoms with Gasteiger partial charge in [0, 0.05) is 20.3 Å². The van der Waals surface area contributed by atoms with Crippen LogP contribution in [0.2, 0.25) is 0 Å². The van der Waals surface area contributed by atoms with Crippen molar-refractivity contribution in [3.8, 4) is 17.2 Å². The highest BCUT2D eigenvalue weighted by Gasteiger charge is 2.43. The Morgan fingerprint density at radius 3 is 2.21 bits per heavy atom. The molecule has 1 aliphatic heterocycles. The number of nitrogens with zero attached hydrogens (tertiary/aromatic N) is 1. The van der Waals surface area contributed by atoms with Gasteiger partial charge < -0.3 is 28.3 Å². The molecule has 0 spiro atoms. The highest BCUT2D eigenvalue weighted by molar-refractivity contribution is 5.99. The number of fused-ring (bicyclic) bond motifs is 2. The average Bonchev–Trinajstić information content (AvgIpc) is 3.09. The summed E-state index contributed by atoms with van der Waals surface area (Å²) < 4.78 is 27.8. The summed E-state index contributed by atoms with van der Waals surface area (Å²) in [6.07, 6.45) is 0.600. The van der Waals surface area contributed by atoms with E-state index in [4.69, 9.17) is 23.4 Å². The average molecular weight is 468 g/mol. The Labute approximate surface area is 198 Å². The number of aryl methyl sites for hydroxylation is 2. The number of hydrogen-bond acceptors (Lipinski definition) is 7. The van der Waals surface area contributed by atoms with Crippen molar-refractivity contribution in [2.75, 3.05) is 41.6 Å². The van der Waals surface area contributed by atoms with Crippen molar-refractivity contribution in [1.29, 1.82) is 0 Å². The molecule has 8 heteroatoms. The molecule has 1 unspecified atom stereocenters. The second kappa shape index (κ2) is 9.38. The second-order valence-electron chi connectivity index (χ2n) is 8.34. The number of methoxy groups -OCH3 is 4. The smallest absolute Gasteiger partial charge is 0.290 e. The summed E-state index contributed by atoms with van der Waals surface area (Å²) in [5, 5.41) is 0.480. The van der Waals surface area contributed by atoms with E-state index >= 15 is 0 Å². The largest absolute Gasteiger partial charge is 0.493 e. The molecule has 0 aliphatic carbocycles. The van der Waals surface area contributed by atoms with E-state index in [-0.39, 0.29) is 17.1 Å². The normalized spacial score (nSPS) is 15.1. The van der Waals surface area contributed by atoms with E-state index < -0.39 is 6.04 Å². The van der Waals surface area contributed by atoms with E-state index in [0.29, 0.717) is 58.9 Å². The predicted octanol–water partition coefficient (Wildman–Crippen LogP) is 4.02. The lowest BCUT2D eigenvalue weighted by atomic mass is 9.96. The molecule has 3 aromatic rings. The number of amides is 1. The molecule has 0 fully saturated rings. The first-order valence-corrected chi connectivity index (χ1v) is 11.0. The summed E-state index contributed by atoms with van der Waals surface area (Å²) in [7, 11) is 6.19. The molecule has 2 heterocycles. The Bertz CT molecular complexity index is 1290. The lowest BCUT2D eigenvalue weighted by Crippen LogP contribution is -2.31. The van der Waals surface area contributed by atoms with Gasteiger partial charge in [-0.15, -0.1) is 0 Å². The predicted molar refractivity (Wildman–Crippen MR) is 127 cm³/mol. The number of carbonyl (C=O) groups excluding carboxylic acids is 1. The van der Waals surface area contributed by atoms with Crippen molar-refractivity contribution in [2.24, 2.45) is 0 Å². The number of rotatable bonds is 8. The van der Waals surface area contributed by atoms with Crippen molar-refractivity contribution in [3.05, 3.63) is 62.5 Å². The summed E-state index contributed by atoms with van der Waals surface area (Å²) >= 11 is 0. The maximum absolute atomic E-state index is 13.8. The zero-order valence-electron chi connectivity index (χ0n) is 20.3. The molecule has 0 radical (unpaired) electrons. The molecule has 4 rings (SSSR count). The molecule has 180 valence electrons. The van der Waals surface area contributed by atoms with Gasteiger partial charge in [-0.2, -0.15) is 0 Å². The first-order valence-electron chi connectivity index (χ1n) is 11.0. The third-order valence-electron chi connectivity index (χ3n) is 6.16. The van der Waals surface area contributed by atoms with E-state index in [9.17, 15) is 9.59 Å². The standard InChI is InChI=1S/C26H29NO7/c1-14-10-15(2)20-17(11-14)34-25-21(23(20)28)22(27(26(25)29)8-7-9-30-3)16-12-18(31-4)24(33-6)19(13-16)32-5/h10-13,22H,7-9H2,1-6H3. The third-order valence-corrected chi connectivity index (χ3v) is 6.16. The Balaban J connectivity index is 2.00. The Morgan fingerprint density at radius 2 is 1.62 bits per heavy atom. The van der Waals surface area contributed by atoms with Crippen molar-refractivity contribution >= 4 is 16.9 Å². The number of carbonyl (C=O) groups is 1. The first kappa shape index (κ1) is 23.6. The second-order valence-corrected chi connectivity index (χ2v) is 8.34. The van der Waals surface area contributed by atoms with Crippen LogP contribution in [0, 0.1) is 13.8 Å². The van der Waals surface area contributed by atoms with E-state index in [1.54, 1.807) is 30.2 Å². The highest BCUT2D eigenvalue weighted by Crippen LogP contribution is 2.45. The van der Waals surface area contributed by atoms with Crippen LogP contribution >= 0.6 is 0 Å². The molecule has 1 aliphatic rings. The molecule has 0 saturated carbocycles. The molecule has 34 heavy (non-hydrogen) atoms. The van der Waals surface area contributed by atoms with Crippen LogP contribution in [0.15, 0.2) is 33.5 Å². The molecule has 8 nitrogen and oxygen atoms in total. The number of ether oxygens (including phenoxy) is 4. The fraction of sp³-hybridized carbons (Fsp3) is 0.385. The monoisotopic (exact) mass is 467 g/mol. The van der Waals surface area contributed by atoms with Crippen LogP contribution in [0.4, 0.5) is 0 Å². The number of benzene rings is 2. The van der Waals surface area contributed by atoms with Gasteiger partial charge in [0.05, 0.1) is 38.3 Å². The molecule has 0 saturated heterocycles. The van der Waals surface area contributed by atoms with Crippen LogP contribution in [0.1, 0.15) is 45.3 Å². The van der Waals surface area contributed by atoms with Crippen molar-refractivity contribution in [3.63, 3.8) is 0 Å². The summed E-state index contributed by atoms with van der Waals surface area (Å²) in [6.45, 7) is 4.66. The summed E-state index contributed by atoms with van der Waals surface area (Å²) in [6, 6.07) is 6.59. The molecular formula is C26H29NO7. The van der Waals surface area contributed by atoms with Crippen LogP contribution in [-0.4, -0.2) is 52.4 Å². The Hall–Kier alpha value is -3.52. The molecule has 2 aromatic carbocycles. The zero-order chi connectivity index (χ0) is 24.6. The van der Waals surface area contributed by atoms with Crippen molar-refractivity contribution in [2.45, 2.75) is 26.3 Å². The van der Waals surface area contributed by atoms with Crippen LogP contribution in [0.25, 0.3) is 11.0 Å². The minimum absolute atomic E-state index is 0.0682. The first-order chi connectivity index (χ1) is 16.4. The summed E-state index contributed by atoms with van der Waals surface area (Å²) in [5.41, 5.74) is 2.94. The minimum atomic E-state index is -0.672. The van der Waals surface area contributed by atoms with Crippen molar-refractivity contribution < 1.29 is 28.2 Å². The van der Waals surface area contributed by atoms with Gasteiger partial charge in [-0.3, -0.25) is 9.59 Å². The fourth-order valence-electron chi connectivity index (χ4n) is 4.73. The van der Waals surface area contributed by atoms with E-state index in [0.717, 1.165) is 11.1 Å². The SMILES string of the molecule is COCCCN1C(=O)c2oc3cc(C)cc(C)c3c(=O)c2C1c1cc(OC)c(OC)c(OC)c1. The zero-order valence-corrected chi connectivity index (χ0v) is 20.3. The van der Waals surface area contributed by atoms with Gasteiger partial charge >= 0.3 is 0 Å². The van der Waals surface area contributed by atoms with Crippen molar-refractivity contribution in [1.82, 2.24) is 4.90 Å². The molecule has 1 atom stereocenters. The third kappa shape index (κ3) is 3.77. The highest BCUT2D eigenvalue weighted by atomic mass is 16.5. The molecule has 0 bridgehead atoms. The molecule has 1 aromatic heterocycles.